The van der Waals surface area contributed by atoms with Crippen LogP contribution in [0.2, 0.25) is 0 Å². The van der Waals surface area contributed by atoms with Gasteiger partial charge in [0.05, 0.1) is 0 Å². The predicted molar refractivity (Wildman–Crippen MR) is 49.3 cm³/mol. The summed E-state index contributed by atoms with van der Waals surface area (Å²) in [7, 11) is 0. The average molecular weight is 232 g/mol. The Morgan fingerprint density at radius 3 is 1.43 bits per heavy atom. The second kappa shape index (κ2) is 1.84. The van der Waals surface area contributed by atoms with E-state index in [9.17, 15) is 0 Å². The van der Waals surface area contributed by atoms with Gasteiger partial charge < -0.3 is 0 Å². The SMILES string of the molecule is CCP(C)(C)(C)I. The van der Waals surface area contributed by atoms with Crippen molar-refractivity contribution in [2.45, 2.75) is 6.92 Å². The first-order chi connectivity index (χ1) is 2.81. The zero-order chi connectivity index (χ0) is 6.15. The van der Waals surface area contributed by atoms with E-state index in [0.29, 0.717) is 0 Å². The summed E-state index contributed by atoms with van der Waals surface area (Å²) in [6, 6.07) is 0. The second-order valence-electron chi connectivity index (χ2n) is 3.23. The predicted octanol–water partition coefficient (Wildman–Crippen LogP) is 2.80. The topological polar surface area (TPSA) is 0 Å². The molecule has 2 heteroatoms. The summed E-state index contributed by atoms with van der Waals surface area (Å²) in [5.74, 6) is 0. The van der Waals surface area contributed by atoms with Crippen molar-refractivity contribution in [3.63, 3.8) is 0 Å². The third-order valence-electron chi connectivity index (χ3n) is 1.07. The van der Waals surface area contributed by atoms with Crippen molar-refractivity contribution in [2.24, 2.45) is 0 Å². The number of hydrogen-bond donors (Lipinski definition) is 0. The van der Waals surface area contributed by atoms with E-state index in [1.165, 1.54) is 6.16 Å². The second-order valence-corrected chi connectivity index (χ2v) is 20.4. The van der Waals surface area contributed by atoms with Gasteiger partial charge in [0.25, 0.3) is 0 Å². The molecule has 0 saturated heterocycles. The van der Waals surface area contributed by atoms with E-state index < -0.39 is 4.25 Å². The summed E-state index contributed by atoms with van der Waals surface area (Å²) in [5.41, 5.74) is 0. The Morgan fingerprint density at radius 1 is 1.29 bits per heavy atom. The molecule has 0 aromatic heterocycles. The van der Waals surface area contributed by atoms with Crippen molar-refractivity contribution < 1.29 is 0 Å². The van der Waals surface area contributed by atoms with Crippen molar-refractivity contribution in [1.82, 2.24) is 0 Å². The molecule has 0 rings (SSSR count). The molecule has 46 valence electrons. The molecule has 0 spiro atoms. The molecule has 0 unspecified atom stereocenters. The van der Waals surface area contributed by atoms with Crippen LogP contribution in [0.3, 0.4) is 0 Å². The van der Waals surface area contributed by atoms with E-state index in [-0.39, 0.29) is 0 Å². The summed E-state index contributed by atoms with van der Waals surface area (Å²) >= 11 is 2.61. The van der Waals surface area contributed by atoms with Gasteiger partial charge in [-0.05, 0) is 0 Å². The molecular weight excluding hydrogens is 218 g/mol. The summed E-state index contributed by atoms with van der Waals surface area (Å²) in [6.45, 7) is 9.41. The fourth-order valence-corrected chi connectivity index (χ4v) is 0. The van der Waals surface area contributed by atoms with E-state index >= 15 is 0 Å². The van der Waals surface area contributed by atoms with Crippen LogP contribution in [0.4, 0.5) is 0 Å². The summed E-state index contributed by atoms with van der Waals surface area (Å²) in [4.78, 5) is 0. The molecule has 0 aromatic rings. The molecular formula is C5H14IP. The number of hydrogen-bond acceptors (Lipinski definition) is 0. The quantitative estimate of drug-likeness (QED) is 0.481. The van der Waals surface area contributed by atoms with E-state index in [1.807, 2.05) is 0 Å². The van der Waals surface area contributed by atoms with Crippen LogP contribution in [0, 0.1) is 0 Å². The monoisotopic (exact) mass is 232 g/mol. The Kier molecular flexibility index (Phi) is 2.14. The molecule has 7 heavy (non-hydrogen) atoms. The molecule has 0 saturated carbocycles. The summed E-state index contributed by atoms with van der Waals surface area (Å²) in [6.07, 6.45) is 1.35. The van der Waals surface area contributed by atoms with E-state index in [4.69, 9.17) is 0 Å². The van der Waals surface area contributed by atoms with Crippen LogP contribution < -0.4 is 0 Å². The summed E-state index contributed by atoms with van der Waals surface area (Å²) in [5, 5.41) is 0. The Hall–Kier alpha value is 1.16. The molecule has 0 radical (unpaired) electrons. The van der Waals surface area contributed by atoms with E-state index in [2.05, 4.69) is 49.0 Å². The van der Waals surface area contributed by atoms with Gasteiger partial charge in [-0.25, -0.2) is 0 Å². The van der Waals surface area contributed by atoms with Gasteiger partial charge in [-0.3, -0.25) is 0 Å². The van der Waals surface area contributed by atoms with Crippen molar-refractivity contribution in [2.75, 3.05) is 26.2 Å². The van der Waals surface area contributed by atoms with E-state index in [0.717, 1.165) is 0 Å². The third-order valence-corrected chi connectivity index (χ3v) is 5.25. The standard InChI is InChI=1S/C5H14IP/c1-5-7(2,3,4)6/h5H2,1-4H3. The van der Waals surface area contributed by atoms with Crippen LogP contribution in [0.25, 0.3) is 0 Å². The van der Waals surface area contributed by atoms with Crippen molar-refractivity contribution in [3.8, 4) is 0 Å². The van der Waals surface area contributed by atoms with Crippen LogP contribution >= 0.6 is 26.3 Å². The maximum atomic E-state index is 2.61. The average Bonchev–Trinajstić information content (AvgIpc) is 1.32. The molecule has 0 amide bonds. The molecule has 0 atom stereocenters. The van der Waals surface area contributed by atoms with Crippen LogP contribution in [0.5, 0.6) is 0 Å². The Labute approximate surface area is 59.5 Å². The van der Waals surface area contributed by atoms with Gasteiger partial charge in [0, 0.05) is 0 Å². The number of halogens is 1. The fourth-order valence-electron chi connectivity index (χ4n) is 0. The molecule has 0 aliphatic rings. The van der Waals surface area contributed by atoms with Gasteiger partial charge in [-0.1, -0.05) is 0 Å². The van der Waals surface area contributed by atoms with Gasteiger partial charge in [-0.2, -0.15) is 0 Å². The molecule has 0 N–H and O–H groups in total. The Morgan fingerprint density at radius 2 is 1.43 bits per heavy atom. The Bertz CT molecular complexity index is 60.6. The van der Waals surface area contributed by atoms with E-state index in [1.54, 1.807) is 0 Å². The first kappa shape index (κ1) is 8.16. The zero-order valence-electron chi connectivity index (χ0n) is 5.53. The minimum absolute atomic E-state index is 1.11. The van der Waals surface area contributed by atoms with Crippen LogP contribution in [-0.2, 0) is 0 Å². The van der Waals surface area contributed by atoms with Gasteiger partial charge in [0.1, 0.15) is 0 Å². The maximum absolute atomic E-state index is 2.61. The molecule has 0 aliphatic heterocycles. The molecule has 0 bridgehead atoms. The normalized spacial score (nSPS) is 18.1. The molecule has 0 fully saturated rings. The van der Waals surface area contributed by atoms with Crippen LogP contribution in [0.1, 0.15) is 6.92 Å². The first-order valence-electron chi connectivity index (χ1n) is 2.53. The minimum atomic E-state index is -1.11. The molecule has 0 aromatic carbocycles. The van der Waals surface area contributed by atoms with Crippen LogP contribution in [0.15, 0.2) is 0 Å². The molecule has 0 nitrogen and oxygen atoms in total. The van der Waals surface area contributed by atoms with Crippen molar-refractivity contribution in [1.29, 1.82) is 0 Å². The fraction of sp³-hybridized carbons (Fsp3) is 1.00. The van der Waals surface area contributed by atoms with Crippen molar-refractivity contribution in [3.05, 3.63) is 0 Å². The first-order valence-corrected chi connectivity index (χ1v) is 9.08. The summed E-state index contributed by atoms with van der Waals surface area (Å²) < 4.78 is -1.11. The molecule has 0 aliphatic carbocycles. The Balaban J connectivity index is 3.83. The van der Waals surface area contributed by atoms with Gasteiger partial charge in [0.15, 0.2) is 0 Å². The van der Waals surface area contributed by atoms with Gasteiger partial charge in [0.2, 0.25) is 0 Å². The van der Waals surface area contributed by atoms with Crippen LogP contribution in [-0.4, -0.2) is 26.2 Å². The van der Waals surface area contributed by atoms with Crippen molar-refractivity contribution >= 4 is 26.3 Å². The molecule has 0 heterocycles. The zero-order valence-corrected chi connectivity index (χ0v) is 8.58. The van der Waals surface area contributed by atoms with Gasteiger partial charge >= 0.3 is 59.4 Å². The van der Waals surface area contributed by atoms with Gasteiger partial charge in [-0.15, -0.1) is 0 Å². The number of rotatable bonds is 1. The third kappa shape index (κ3) is 7.16.